The van der Waals surface area contributed by atoms with Crippen molar-refractivity contribution in [2.24, 2.45) is 0 Å². The smallest absolute Gasteiger partial charge is 0.135 e. The maximum absolute atomic E-state index is 5.85. The second-order valence-electron chi connectivity index (χ2n) is 4.40. The van der Waals surface area contributed by atoms with Crippen LogP contribution < -0.4 is 5.73 Å². The summed E-state index contributed by atoms with van der Waals surface area (Å²) in [5, 5.41) is 0. The zero-order valence-corrected chi connectivity index (χ0v) is 10.5. The Morgan fingerprint density at radius 1 is 1.12 bits per heavy atom. The number of hydrogen-bond acceptors (Lipinski definition) is 3. The highest BCUT2D eigenvalue weighted by Crippen LogP contribution is 2.14. The van der Waals surface area contributed by atoms with Crippen LogP contribution in [0.2, 0.25) is 0 Å². The number of hydrogen-bond donors (Lipinski definition) is 1. The molecule has 0 saturated carbocycles. The molecule has 17 heavy (non-hydrogen) atoms. The van der Waals surface area contributed by atoms with Gasteiger partial charge in [0.15, 0.2) is 0 Å². The van der Waals surface area contributed by atoms with Gasteiger partial charge in [-0.15, -0.1) is 0 Å². The minimum atomic E-state index is 0.583. The Bertz CT molecular complexity index is 524. The van der Waals surface area contributed by atoms with Crippen molar-refractivity contribution in [3.8, 4) is 0 Å². The van der Waals surface area contributed by atoms with E-state index in [2.05, 4.69) is 41.2 Å². The number of aromatic nitrogens is 2. The van der Waals surface area contributed by atoms with Gasteiger partial charge >= 0.3 is 0 Å². The summed E-state index contributed by atoms with van der Waals surface area (Å²) in [7, 11) is 0. The van der Waals surface area contributed by atoms with Crippen molar-refractivity contribution >= 4 is 5.82 Å². The third kappa shape index (κ3) is 2.61. The Morgan fingerprint density at radius 2 is 1.88 bits per heavy atom. The summed E-state index contributed by atoms with van der Waals surface area (Å²) >= 11 is 0. The SMILES string of the molecule is Cc1cccc(Cc2nc(C)c(C)c(N)n2)c1. The van der Waals surface area contributed by atoms with Crippen LogP contribution in [0.3, 0.4) is 0 Å². The molecule has 0 atom stereocenters. The monoisotopic (exact) mass is 227 g/mol. The fraction of sp³-hybridized carbons (Fsp3) is 0.286. The highest BCUT2D eigenvalue weighted by Gasteiger charge is 2.06. The minimum absolute atomic E-state index is 0.583. The molecule has 3 heteroatoms. The molecule has 0 bridgehead atoms. The zero-order valence-electron chi connectivity index (χ0n) is 10.5. The van der Waals surface area contributed by atoms with Crippen LogP contribution in [0.5, 0.6) is 0 Å². The van der Waals surface area contributed by atoms with Gasteiger partial charge in [0, 0.05) is 17.7 Å². The van der Waals surface area contributed by atoms with Gasteiger partial charge in [0.05, 0.1) is 0 Å². The summed E-state index contributed by atoms with van der Waals surface area (Å²) in [4.78, 5) is 8.79. The van der Waals surface area contributed by atoms with Gasteiger partial charge in [0.2, 0.25) is 0 Å². The first-order chi connectivity index (χ1) is 8.06. The molecule has 3 nitrogen and oxygen atoms in total. The Labute approximate surface area is 102 Å². The van der Waals surface area contributed by atoms with Crippen molar-refractivity contribution in [3.63, 3.8) is 0 Å². The van der Waals surface area contributed by atoms with Gasteiger partial charge in [-0.05, 0) is 26.3 Å². The Balaban J connectivity index is 2.31. The van der Waals surface area contributed by atoms with Crippen LogP contribution in [0.25, 0.3) is 0 Å². The molecule has 88 valence electrons. The Hall–Kier alpha value is -1.90. The summed E-state index contributed by atoms with van der Waals surface area (Å²) in [5.74, 6) is 1.37. The number of nitrogens with two attached hydrogens (primary N) is 1. The third-order valence-corrected chi connectivity index (χ3v) is 2.92. The summed E-state index contributed by atoms with van der Waals surface area (Å²) in [5.41, 5.74) is 10.2. The number of aryl methyl sites for hydroxylation is 2. The van der Waals surface area contributed by atoms with Crippen LogP contribution in [0.15, 0.2) is 24.3 Å². The van der Waals surface area contributed by atoms with Gasteiger partial charge < -0.3 is 5.73 Å². The van der Waals surface area contributed by atoms with Crippen LogP contribution >= 0.6 is 0 Å². The lowest BCUT2D eigenvalue weighted by Gasteiger charge is -2.07. The van der Waals surface area contributed by atoms with Gasteiger partial charge in [0.1, 0.15) is 11.6 Å². The fourth-order valence-electron chi connectivity index (χ4n) is 1.79. The topological polar surface area (TPSA) is 51.8 Å². The lowest BCUT2D eigenvalue weighted by atomic mass is 10.1. The van der Waals surface area contributed by atoms with E-state index in [0.717, 1.165) is 23.5 Å². The molecule has 1 aromatic heterocycles. The molecule has 1 aromatic carbocycles. The maximum atomic E-state index is 5.85. The molecule has 0 fully saturated rings. The summed E-state index contributed by atoms with van der Waals surface area (Å²) in [6.07, 6.45) is 0.729. The van der Waals surface area contributed by atoms with Crippen molar-refractivity contribution in [2.45, 2.75) is 27.2 Å². The molecule has 0 aliphatic carbocycles. The Kier molecular flexibility index (Phi) is 3.09. The molecule has 0 unspecified atom stereocenters. The van der Waals surface area contributed by atoms with E-state index in [1.165, 1.54) is 11.1 Å². The predicted octanol–water partition coefficient (Wildman–Crippen LogP) is 2.57. The molecular formula is C14H17N3. The first kappa shape index (κ1) is 11.6. The average molecular weight is 227 g/mol. The normalized spacial score (nSPS) is 10.5. The fourth-order valence-corrected chi connectivity index (χ4v) is 1.79. The summed E-state index contributed by atoms with van der Waals surface area (Å²) in [6.45, 7) is 5.99. The Morgan fingerprint density at radius 3 is 2.53 bits per heavy atom. The van der Waals surface area contributed by atoms with Gasteiger partial charge in [0.25, 0.3) is 0 Å². The predicted molar refractivity (Wildman–Crippen MR) is 69.9 cm³/mol. The van der Waals surface area contributed by atoms with Crippen molar-refractivity contribution < 1.29 is 0 Å². The molecule has 2 rings (SSSR count). The minimum Gasteiger partial charge on any atom is -0.383 e. The van der Waals surface area contributed by atoms with Crippen LogP contribution in [-0.2, 0) is 6.42 Å². The van der Waals surface area contributed by atoms with Crippen LogP contribution in [0, 0.1) is 20.8 Å². The number of nitrogen functional groups attached to an aromatic ring is 1. The highest BCUT2D eigenvalue weighted by molar-refractivity contribution is 5.41. The standard InChI is InChI=1S/C14H17N3/c1-9-5-4-6-12(7-9)8-13-16-11(3)10(2)14(15)17-13/h4-7H,8H2,1-3H3,(H2,15,16,17). The average Bonchev–Trinajstić information content (AvgIpc) is 2.26. The van der Waals surface area contributed by atoms with E-state index >= 15 is 0 Å². The van der Waals surface area contributed by atoms with Gasteiger partial charge in [-0.2, -0.15) is 0 Å². The quantitative estimate of drug-likeness (QED) is 0.857. The molecule has 0 radical (unpaired) electrons. The van der Waals surface area contributed by atoms with Gasteiger partial charge in [-0.25, -0.2) is 9.97 Å². The van der Waals surface area contributed by atoms with Crippen LogP contribution in [0.4, 0.5) is 5.82 Å². The molecule has 0 saturated heterocycles. The van der Waals surface area contributed by atoms with E-state index in [0.29, 0.717) is 5.82 Å². The number of nitrogens with zero attached hydrogens (tertiary/aromatic N) is 2. The zero-order chi connectivity index (χ0) is 12.4. The molecular weight excluding hydrogens is 210 g/mol. The van der Waals surface area contributed by atoms with E-state index < -0.39 is 0 Å². The molecule has 0 aliphatic rings. The molecule has 1 heterocycles. The first-order valence-corrected chi connectivity index (χ1v) is 5.71. The largest absolute Gasteiger partial charge is 0.383 e. The van der Waals surface area contributed by atoms with Gasteiger partial charge in [-0.3, -0.25) is 0 Å². The maximum Gasteiger partial charge on any atom is 0.135 e. The number of anilines is 1. The number of benzene rings is 1. The molecule has 0 amide bonds. The van der Waals surface area contributed by atoms with Crippen LogP contribution in [0.1, 0.15) is 28.2 Å². The van der Waals surface area contributed by atoms with E-state index in [1.54, 1.807) is 0 Å². The van der Waals surface area contributed by atoms with Crippen molar-refractivity contribution in [2.75, 3.05) is 5.73 Å². The first-order valence-electron chi connectivity index (χ1n) is 5.71. The second-order valence-corrected chi connectivity index (χ2v) is 4.40. The lowest BCUT2D eigenvalue weighted by Crippen LogP contribution is -2.05. The third-order valence-electron chi connectivity index (χ3n) is 2.92. The summed E-state index contributed by atoms with van der Waals surface area (Å²) < 4.78 is 0. The highest BCUT2D eigenvalue weighted by atomic mass is 14.9. The van der Waals surface area contributed by atoms with Crippen LogP contribution in [-0.4, -0.2) is 9.97 Å². The molecule has 2 aromatic rings. The van der Waals surface area contributed by atoms with E-state index in [9.17, 15) is 0 Å². The molecule has 0 spiro atoms. The van der Waals surface area contributed by atoms with Gasteiger partial charge in [-0.1, -0.05) is 29.8 Å². The van der Waals surface area contributed by atoms with Crippen molar-refractivity contribution in [1.29, 1.82) is 0 Å². The lowest BCUT2D eigenvalue weighted by molar-refractivity contribution is 0.933. The van der Waals surface area contributed by atoms with Crippen molar-refractivity contribution in [1.82, 2.24) is 9.97 Å². The van der Waals surface area contributed by atoms with E-state index in [1.807, 2.05) is 13.8 Å². The second kappa shape index (κ2) is 4.53. The number of rotatable bonds is 2. The van der Waals surface area contributed by atoms with Crippen molar-refractivity contribution in [3.05, 3.63) is 52.5 Å². The van der Waals surface area contributed by atoms with E-state index in [4.69, 9.17) is 5.73 Å². The van der Waals surface area contributed by atoms with E-state index in [-0.39, 0.29) is 0 Å². The molecule has 2 N–H and O–H groups in total. The molecule has 0 aliphatic heterocycles. The summed E-state index contributed by atoms with van der Waals surface area (Å²) in [6, 6.07) is 8.37.